The van der Waals surface area contributed by atoms with Crippen molar-refractivity contribution in [1.82, 2.24) is 20.5 Å². The number of aromatic nitrogens is 3. The fraction of sp³-hybridized carbons (Fsp3) is 0.0909. The zero-order chi connectivity index (χ0) is 19.9. The summed E-state index contributed by atoms with van der Waals surface area (Å²) >= 11 is 0. The Morgan fingerprint density at radius 2 is 1.55 bits per heavy atom. The molecule has 0 fully saturated rings. The molecular formula is C22H20N6O. The lowest BCUT2D eigenvalue weighted by Gasteiger charge is -2.08. The Bertz CT molecular complexity index is 1100. The van der Waals surface area contributed by atoms with E-state index in [2.05, 4.69) is 31.1 Å². The van der Waals surface area contributed by atoms with Crippen molar-refractivity contribution in [2.24, 2.45) is 0 Å². The standard InChI is InChI=1S/C22H20N6O/c29-22(18-9-8-16-5-1-2-6-17(16)15-18)25-14-13-24-20-10-11-21(28-27-20)26-19-7-3-4-12-23-19/h1-12,15H,13-14H2,(H,24,27)(H,25,29)(H,23,26,28). The lowest BCUT2D eigenvalue weighted by atomic mass is 10.1. The average molecular weight is 384 g/mol. The number of benzene rings is 2. The third-order valence-corrected chi connectivity index (χ3v) is 4.31. The van der Waals surface area contributed by atoms with Gasteiger partial charge >= 0.3 is 0 Å². The van der Waals surface area contributed by atoms with Gasteiger partial charge in [0.1, 0.15) is 11.6 Å². The quantitative estimate of drug-likeness (QED) is 0.422. The number of hydrogen-bond acceptors (Lipinski definition) is 6. The smallest absolute Gasteiger partial charge is 0.251 e. The van der Waals surface area contributed by atoms with Gasteiger partial charge in [0.15, 0.2) is 5.82 Å². The SMILES string of the molecule is O=C(NCCNc1ccc(Nc2ccccn2)nn1)c1ccc2ccccc2c1. The second kappa shape index (κ2) is 8.79. The highest BCUT2D eigenvalue weighted by atomic mass is 16.1. The largest absolute Gasteiger partial charge is 0.367 e. The van der Waals surface area contributed by atoms with E-state index >= 15 is 0 Å². The normalized spacial score (nSPS) is 10.5. The molecule has 0 bridgehead atoms. The maximum absolute atomic E-state index is 12.3. The molecule has 4 rings (SSSR count). The van der Waals surface area contributed by atoms with Crippen molar-refractivity contribution in [3.8, 4) is 0 Å². The third-order valence-electron chi connectivity index (χ3n) is 4.31. The summed E-state index contributed by atoms with van der Waals surface area (Å²) in [5.74, 6) is 1.85. The lowest BCUT2D eigenvalue weighted by Crippen LogP contribution is -2.28. The van der Waals surface area contributed by atoms with Crippen LogP contribution in [0, 0.1) is 0 Å². The van der Waals surface area contributed by atoms with Crippen LogP contribution in [0.2, 0.25) is 0 Å². The molecule has 0 aliphatic rings. The van der Waals surface area contributed by atoms with Crippen LogP contribution >= 0.6 is 0 Å². The number of carbonyl (C=O) groups excluding carboxylic acids is 1. The van der Waals surface area contributed by atoms with Crippen LogP contribution in [0.3, 0.4) is 0 Å². The molecule has 144 valence electrons. The number of anilines is 3. The van der Waals surface area contributed by atoms with Gasteiger partial charge in [-0.15, -0.1) is 10.2 Å². The summed E-state index contributed by atoms with van der Waals surface area (Å²) in [7, 11) is 0. The molecule has 2 aromatic heterocycles. The Morgan fingerprint density at radius 3 is 2.34 bits per heavy atom. The van der Waals surface area contributed by atoms with Crippen LogP contribution in [0.1, 0.15) is 10.4 Å². The van der Waals surface area contributed by atoms with Gasteiger partial charge in [-0.1, -0.05) is 36.4 Å². The van der Waals surface area contributed by atoms with E-state index < -0.39 is 0 Å². The number of rotatable bonds is 7. The summed E-state index contributed by atoms with van der Waals surface area (Å²) in [4.78, 5) is 16.5. The zero-order valence-corrected chi connectivity index (χ0v) is 15.7. The van der Waals surface area contributed by atoms with Gasteiger partial charge in [0, 0.05) is 24.8 Å². The summed E-state index contributed by atoms with van der Waals surface area (Å²) in [6.45, 7) is 1.02. The molecule has 0 saturated carbocycles. The molecule has 0 radical (unpaired) electrons. The Hall–Kier alpha value is -4.00. The number of pyridine rings is 1. The highest BCUT2D eigenvalue weighted by Gasteiger charge is 2.06. The zero-order valence-electron chi connectivity index (χ0n) is 15.7. The van der Waals surface area contributed by atoms with E-state index in [4.69, 9.17) is 0 Å². The summed E-state index contributed by atoms with van der Waals surface area (Å²) in [5, 5.41) is 19.5. The van der Waals surface area contributed by atoms with E-state index in [1.165, 1.54) is 0 Å². The van der Waals surface area contributed by atoms with Crippen LogP contribution < -0.4 is 16.0 Å². The minimum Gasteiger partial charge on any atom is -0.367 e. The predicted octanol–water partition coefficient (Wildman–Crippen LogP) is 3.61. The molecule has 29 heavy (non-hydrogen) atoms. The Balaban J connectivity index is 1.25. The molecular weight excluding hydrogens is 364 g/mol. The van der Waals surface area contributed by atoms with Gasteiger partial charge in [-0.25, -0.2) is 4.98 Å². The maximum Gasteiger partial charge on any atom is 0.251 e. The van der Waals surface area contributed by atoms with Crippen molar-refractivity contribution in [2.75, 3.05) is 23.7 Å². The van der Waals surface area contributed by atoms with Crippen LogP contribution in [0.4, 0.5) is 17.5 Å². The summed E-state index contributed by atoms with van der Waals surface area (Å²) in [6, 6.07) is 22.9. The van der Waals surface area contributed by atoms with Gasteiger partial charge in [0.05, 0.1) is 0 Å². The first-order valence-electron chi connectivity index (χ1n) is 9.30. The molecule has 3 N–H and O–H groups in total. The van der Waals surface area contributed by atoms with Gasteiger partial charge in [-0.3, -0.25) is 4.79 Å². The van der Waals surface area contributed by atoms with E-state index in [-0.39, 0.29) is 5.91 Å². The fourth-order valence-corrected chi connectivity index (χ4v) is 2.86. The van der Waals surface area contributed by atoms with E-state index in [0.717, 1.165) is 10.8 Å². The van der Waals surface area contributed by atoms with Gasteiger partial charge in [-0.05, 0) is 47.2 Å². The minimum atomic E-state index is -0.0986. The first-order valence-corrected chi connectivity index (χ1v) is 9.30. The summed E-state index contributed by atoms with van der Waals surface area (Å²) < 4.78 is 0. The molecule has 7 nitrogen and oxygen atoms in total. The van der Waals surface area contributed by atoms with Gasteiger partial charge in [-0.2, -0.15) is 0 Å². The van der Waals surface area contributed by atoms with Crippen molar-refractivity contribution in [1.29, 1.82) is 0 Å². The molecule has 0 spiro atoms. The highest BCUT2D eigenvalue weighted by Crippen LogP contribution is 2.15. The molecule has 0 atom stereocenters. The second-order valence-electron chi connectivity index (χ2n) is 6.39. The van der Waals surface area contributed by atoms with Crippen LogP contribution in [0.25, 0.3) is 10.8 Å². The topological polar surface area (TPSA) is 91.8 Å². The van der Waals surface area contributed by atoms with Crippen molar-refractivity contribution < 1.29 is 4.79 Å². The Labute approximate surface area is 168 Å². The number of carbonyl (C=O) groups is 1. The summed E-state index contributed by atoms with van der Waals surface area (Å²) in [5.41, 5.74) is 0.647. The van der Waals surface area contributed by atoms with Crippen molar-refractivity contribution in [3.05, 3.63) is 84.6 Å². The number of hydrogen-bond donors (Lipinski definition) is 3. The maximum atomic E-state index is 12.3. The van der Waals surface area contributed by atoms with Crippen LogP contribution in [0.5, 0.6) is 0 Å². The van der Waals surface area contributed by atoms with E-state index in [1.54, 1.807) is 6.20 Å². The van der Waals surface area contributed by atoms with Crippen LogP contribution in [-0.4, -0.2) is 34.2 Å². The van der Waals surface area contributed by atoms with Crippen LogP contribution in [0.15, 0.2) is 79.0 Å². The molecule has 4 aromatic rings. The first kappa shape index (κ1) is 18.4. The van der Waals surface area contributed by atoms with Crippen molar-refractivity contribution in [2.45, 2.75) is 0 Å². The second-order valence-corrected chi connectivity index (χ2v) is 6.39. The monoisotopic (exact) mass is 384 g/mol. The van der Waals surface area contributed by atoms with Gasteiger partial charge < -0.3 is 16.0 Å². The van der Waals surface area contributed by atoms with E-state index in [9.17, 15) is 4.79 Å². The Kier molecular flexibility index (Phi) is 5.57. The molecule has 0 aliphatic carbocycles. The van der Waals surface area contributed by atoms with E-state index in [1.807, 2.05) is 72.8 Å². The molecule has 0 aliphatic heterocycles. The highest BCUT2D eigenvalue weighted by molar-refractivity contribution is 5.98. The molecule has 0 saturated heterocycles. The minimum absolute atomic E-state index is 0.0986. The van der Waals surface area contributed by atoms with Crippen molar-refractivity contribution >= 4 is 34.1 Å². The first-order chi connectivity index (χ1) is 14.3. The number of nitrogens with one attached hydrogen (secondary N) is 3. The van der Waals surface area contributed by atoms with Crippen molar-refractivity contribution in [3.63, 3.8) is 0 Å². The molecule has 7 heteroatoms. The van der Waals surface area contributed by atoms with Gasteiger partial charge in [0.2, 0.25) is 0 Å². The predicted molar refractivity (Wildman–Crippen MR) is 114 cm³/mol. The van der Waals surface area contributed by atoms with E-state index in [0.29, 0.717) is 36.1 Å². The number of nitrogens with zero attached hydrogens (tertiary/aromatic N) is 3. The summed E-state index contributed by atoms with van der Waals surface area (Å²) in [6.07, 6.45) is 1.71. The van der Waals surface area contributed by atoms with Crippen LogP contribution in [-0.2, 0) is 0 Å². The van der Waals surface area contributed by atoms with Gasteiger partial charge in [0.25, 0.3) is 5.91 Å². The molecule has 0 unspecified atom stereocenters. The number of fused-ring (bicyclic) bond motifs is 1. The lowest BCUT2D eigenvalue weighted by molar-refractivity contribution is 0.0955. The molecule has 2 aromatic carbocycles. The Morgan fingerprint density at radius 1 is 0.759 bits per heavy atom. The third kappa shape index (κ3) is 4.84. The number of amides is 1. The fourth-order valence-electron chi connectivity index (χ4n) is 2.86. The molecule has 2 heterocycles. The molecule has 1 amide bonds. The average Bonchev–Trinajstić information content (AvgIpc) is 2.78.